The molecule has 0 saturated heterocycles. The number of carbonyl (C=O) groups excluding carboxylic acids is 1. The van der Waals surface area contributed by atoms with Gasteiger partial charge in [-0.05, 0) is 35.2 Å². The van der Waals surface area contributed by atoms with Crippen molar-refractivity contribution in [1.82, 2.24) is 0 Å². The Morgan fingerprint density at radius 3 is 1.93 bits per heavy atom. The van der Waals surface area contributed by atoms with Crippen molar-refractivity contribution in [2.75, 3.05) is 0 Å². The fourth-order valence-corrected chi connectivity index (χ4v) is 3.14. The van der Waals surface area contributed by atoms with Crippen LogP contribution in [0.4, 0.5) is 30.7 Å². The molecule has 0 heterocycles. The molecule has 0 unspecified atom stereocenters. The van der Waals surface area contributed by atoms with Gasteiger partial charge in [0.1, 0.15) is 5.82 Å². The summed E-state index contributed by atoms with van der Waals surface area (Å²) in [5, 5.41) is 8.93. The average molecular weight is 443 g/mol. The van der Waals surface area contributed by atoms with Crippen molar-refractivity contribution in [1.29, 1.82) is 0 Å². The molecule has 2 aromatic rings. The smallest absolute Gasteiger partial charge is 0.369 e. The minimum absolute atomic E-state index is 0.0536. The highest BCUT2D eigenvalue weighted by Gasteiger charge is 2.71. The molecule has 0 saturated carbocycles. The topological polar surface area (TPSA) is 37.3 Å². The molecule has 10 heteroatoms. The SMILES string of the molecule is CC(C)c1cc(C=O)c(F)cc1-c1ccc(C(O)(C(F)(F)F)C(F)(F)F)cc1Cl. The summed E-state index contributed by atoms with van der Waals surface area (Å²) in [4.78, 5) is 11.0. The number of hydrogen-bond donors (Lipinski definition) is 1. The molecule has 0 aliphatic rings. The van der Waals surface area contributed by atoms with Crippen LogP contribution < -0.4 is 0 Å². The second-order valence-corrected chi connectivity index (χ2v) is 7.04. The van der Waals surface area contributed by atoms with Gasteiger partial charge in [-0.25, -0.2) is 4.39 Å². The maximum Gasteiger partial charge on any atom is 0.430 e. The Balaban J connectivity index is 2.73. The van der Waals surface area contributed by atoms with Crippen molar-refractivity contribution in [3.8, 4) is 11.1 Å². The van der Waals surface area contributed by atoms with Gasteiger partial charge in [0.15, 0.2) is 6.29 Å². The molecular weight excluding hydrogens is 429 g/mol. The standard InChI is InChI=1S/C19H14ClF7O2/c1-9(2)13-5-10(8-28)16(21)7-14(13)12-4-3-11(6-15(12)20)17(29,18(22,23)24)19(25,26)27/h3-9,29H,1-2H3. The molecule has 158 valence electrons. The van der Waals surface area contributed by atoms with Gasteiger partial charge in [0.25, 0.3) is 5.60 Å². The van der Waals surface area contributed by atoms with E-state index in [1.165, 1.54) is 6.07 Å². The Hall–Kier alpha value is -2.13. The number of hydrogen-bond acceptors (Lipinski definition) is 2. The van der Waals surface area contributed by atoms with E-state index >= 15 is 0 Å². The van der Waals surface area contributed by atoms with E-state index in [4.69, 9.17) is 11.6 Å². The number of aldehydes is 1. The molecular formula is C19H14ClF7O2. The average Bonchev–Trinajstić information content (AvgIpc) is 2.58. The molecule has 0 aliphatic carbocycles. The van der Waals surface area contributed by atoms with Crippen molar-refractivity contribution in [2.24, 2.45) is 0 Å². The van der Waals surface area contributed by atoms with E-state index in [-0.39, 0.29) is 28.9 Å². The Kier molecular flexibility index (Phi) is 6.07. The molecule has 0 radical (unpaired) electrons. The monoisotopic (exact) mass is 442 g/mol. The van der Waals surface area contributed by atoms with Gasteiger partial charge in [-0.15, -0.1) is 0 Å². The van der Waals surface area contributed by atoms with Crippen LogP contribution >= 0.6 is 11.6 Å². The van der Waals surface area contributed by atoms with Gasteiger partial charge >= 0.3 is 12.4 Å². The first-order valence-corrected chi connectivity index (χ1v) is 8.47. The summed E-state index contributed by atoms with van der Waals surface area (Å²) in [6, 6.07) is 3.76. The van der Waals surface area contributed by atoms with Crippen molar-refractivity contribution < 1.29 is 40.6 Å². The number of carbonyl (C=O) groups is 1. The largest absolute Gasteiger partial charge is 0.430 e. The van der Waals surface area contributed by atoms with Crippen molar-refractivity contribution in [3.05, 3.63) is 57.9 Å². The Bertz CT molecular complexity index is 919. The lowest BCUT2D eigenvalue weighted by Crippen LogP contribution is -2.53. The van der Waals surface area contributed by atoms with Gasteiger partial charge < -0.3 is 5.11 Å². The zero-order chi connectivity index (χ0) is 22.4. The molecule has 2 rings (SSSR count). The minimum atomic E-state index is -6.06. The van der Waals surface area contributed by atoms with Gasteiger partial charge in [-0.2, -0.15) is 26.3 Å². The Morgan fingerprint density at radius 1 is 0.966 bits per heavy atom. The third-order valence-electron chi connectivity index (χ3n) is 4.42. The first kappa shape index (κ1) is 23.2. The molecule has 2 aromatic carbocycles. The predicted octanol–water partition coefficient (Wildman–Crippen LogP) is 6.39. The van der Waals surface area contributed by atoms with E-state index in [0.29, 0.717) is 17.7 Å². The van der Waals surface area contributed by atoms with Crippen LogP contribution in [-0.4, -0.2) is 23.7 Å². The molecule has 0 atom stereocenters. The maximum absolute atomic E-state index is 14.1. The van der Waals surface area contributed by atoms with Gasteiger partial charge in [0.2, 0.25) is 0 Å². The van der Waals surface area contributed by atoms with Crippen LogP contribution in [-0.2, 0) is 5.60 Å². The Morgan fingerprint density at radius 2 is 1.52 bits per heavy atom. The van der Waals surface area contributed by atoms with Crippen LogP contribution in [0.5, 0.6) is 0 Å². The van der Waals surface area contributed by atoms with E-state index in [0.717, 1.165) is 12.1 Å². The highest BCUT2D eigenvalue weighted by Crippen LogP contribution is 2.51. The normalized spacial score (nSPS) is 13.1. The van der Waals surface area contributed by atoms with Crippen LogP contribution in [0.2, 0.25) is 5.02 Å². The van der Waals surface area contributed by atoms with Gasteiger partial charge in [-0.3, -0.25) is 4.79 Å². The molecule has 0 fully saturated rings. The summed E-state index contributed by atoms with van der Waals surface area (Å²) in [5.41, 5.74) is -6.46. The van der Waals surface area contributed by atoms with Crippen molar-refractivity contribution >= 4 is 17.9 Å². The number of alkyl halides is 6. The zero-order valence-corrected chi connectivity index (χ0v) is 15.7. The number of benzene rings is 2. The quantitative estimate of drug-likeness (QED) is 0.440. The zero-order valence-electron chi connectivity index (χ0n) is 14.9. The maximum atomic E-state index is 14.1. The highest BCUT2D eigenvalue weighted by molar-refractivity contribution is 6.33. The molecule has 1 N–H and O–H groups in total. The summed E-state index contributed by atoms with van der Waals surface area (Å²) >= 11 is 5.94. The molecule has 0 aliphatic heterocycles. The van der Waals surface area contributed by atoms with E-state index in [1.54, 1.807) is 13.8 Å². The summed E-state index contributed by atoms with van der Waals surface area (Å²) < 4.78 is 92.4. The minimum Gasteiger partial charge on any atom is -0.369 e. The highest BCUT2D eigenvalue weighted by atomic mass is 35.5. The number of halogens is 8. The molecule has 0 bridgehead atoms. The van der Waals surface area contributed by atoms with Gasteiger partial charge in [0, 0.05) is 16.1 Å². The van der Waals surface area contributed by atoms with Crippen LogP contribution in [0.15, 0.2) is 30.3 Å². The number of rotatable bonds is 4. The third kappa shape index (κ3) is 3.98. The fraction of sp³-hybridized carbons (Fsp3) is 0.316. The van der Waals surface area contributed by atoms with Gasteiger partial charge in [0.05, 0.1) is 5.56 Å². The summed E-state index contributed by atoms with van der Waals surface area (Å²) in [5.74, 6) is -1.20. The van der Waals surface area contributed by atoms with Crippen LogP contribution in [0, 0.1) is 5.82 Å². The second kappa shape index (κ2) is 7.60. The van der Waals surface area contributed by atoms with Crippen LogP contribution in [0.1, 0.15) is 41.3 Å². The summed E-state index contributed by atoms with van der Waals surface area (Å²) in [7, 11) is 0. The molecule has 0 spiro atoms. The Labute approximate surface area is 165 Å². The van der Waals surface area contributed by atoms with E-state index in [2.05, 4.69) is 0 Å². The lowest BCUT2D eigenvalue weighted by molar-refractivity contribution is -0.376. The molecule has 0 aromatic heterocycles. The summed E-state index contributed by atoms with van der Waals surface area (Å²) in [6.45, 7) is 3.39. The van der Waals surface area contributed by atoms with E-state index in [9.17, 15) is 40.6 Å². The predicted molar refractivity (Wildman–Crippen MR) is 92.3 cm³/mol. The lowest BCUT2D eigenvalue weighted by Gasteiger charge is -2.33. The van der Waals surface area contributed by atoms with E-state index in [1.807, 2.05) is 0 Å². The molecule has 29 heavy (non-hydrogen) atoms. The molecule has 0 amide bonds. The van der Waals surface area contributed by atoms with E-state index < -0.39 is 34.4 Å². The number of aliphatic hydroxyl groups is 1. The first-order chi connectivity index (χ1) is 13.1. The van der Waals surface area contributed by atoms with Crippen LogP contribution in [0.3, 0.4) is 0 Å². The molecule has 2 nitrogen and oxygen atoms in total. The summed E-state index contributed by atoms with van der Waals surface area (Å²) in [6.07, 6.45) is -11.8. The lowest BCUT2D eigenvalue weighted by atomic mass is 9.87. The van der Waals surface area contributed by atoms with Crippen LogP contribution in [0.25, 0.3) is 11.1 Å². The second-order valence-electron chi connectivity index (χ2n) is 6.63. The van der Waals surface area contributed by atoms with Gasteiger partial charge in [-0.1, -0.05) is 37.6 Å². The fourth-order valence-electron chi connectivity index (χ4n) is 2.86. The first-order valence-electron chi connectivity index (χ1n) is 8.10. The van der Waals surface area contributed by atoms with Crippen molar-refractivity contribution in [3.63, 3.8) is 0 Å². The third-order valence-corrected chi connectivity index (χ3v) is 4.73. The van der Waals surface area contributed by atoms with Crippen molar-refractivity contribution in [2.45, 2.75) is 37.7 Å².